The highest BCUT2D eigenvalue weighted by atomic mass is 16.2. The SMILES string of the molecule is C=C/C=C(\C=C/C)C1(CNC(=O)CN(C)C)CCNCC1. The summed E-state index contributed by atoms with van der Waals surface area (Å²) in [5, 5.41) is 6.50. The lowest BCUT2D eigenvalue weighted by atomic mass is 9.72. The molecule has 0 atom stereocenters. The third-order valence-electron chi connectivity index (χ3n) is 3.90. The molecule has 1 aliphatic heterocycles. The van der Waals surface area contributed by atoms with Crippen molar-refractivity contribution in [3.63, 3.8) is 0 Å². The molecule has 0 unspecified atom stereocenters. The number of amides is 1. The van der Waals surface area contributed by atoms with Crippen molar-refractivity contribution in [1.82, 2.24) is 15.5 Å². The molecule has 2 N–H and O–H groups in total. The van der Waals surface area contributed by atoms with Crippen LogP contribution in [0.15, 0.2) is 36.5 Å². The fourth-order valence-electron chi connectivity index (χ4n) is 2.80. The molecule has 0 radical (unpaired) electrons. The summed E-state index contributed by atoms with van der Waals surface area (Å²) in [6.07, 6.45) is 10.2. The molecule has 0 bridgehead atoms. The Hall–Kier alpha value is -1.39. The lowest BCUT2D eigenvalue weighted by Gasteiger charge is -2.39. The Morgan fingerprint density at radius 1 is 1.38 bits per heavy atom. The molecule has 0 spiro atoms. The zero-order valence-corrected chi connectivity index (χ0v) is 13.6. The Morgan fingerprint density at radius 3 is 2.57 bits per heavy atom. The zero-order chi connectivity index (χ0) is 15.7. The minimum absolute atomic E-state index is 0.00786. The van der Waals surface area contributed by atoms with E-state index in [1.807, 2.05) is 32.0 Å². The number of likely N-dealkylation sites (N-methyl/N-ethyl adjacent to an activating group) is 1. The Bertz CT molecular complexity index is 404. The molecule has 1 rings (SSSR count). The van der Waals surface area contributed by atoms with Gasteiger partial charge in [0.15, 0.2) is 0 Å². The van der Waals surface area contributed by atoms with E-state index in [1.165, 1.54) is 5.57 Å². The lowest BCUT2D eigenvalue weighted by molar-refractivity contribution is -0.122. The van der Waals surface area contributed by atoms with Crippen molar-refractivity contribution in [2.75, 3.05) is 40.3 Å². The summed E-state index contributed by atoms with van der Waals surface area (Å²) in [6, 6.07) is 0. The summed E-state index contributed by atoms with van der Waals surface area (Å²) in [6.45, 7) is 8.93. The summed E-state index contributed by atoms with van der Waals surface area (Å²) in [4.78, 5) is 13.8. The van der Waals surface area contributed by atoms with E-state index in [4.69, 9.17) is 0 Å². The molecule has 1 saturated heterocycles. The highest BCUT2D eigenvalue weighted by molar-refractivity contribution is 5.78. The van der Waals surface area contributed by atoms with Gasteiger partial charge < -0.3 is 15.5 Å². The number of hydrogen-bond acceptors (Lipinski definition) is 3. The molecular formula is C17H29N3O. The Labute approximate surface area is 129 Å². The van der Waals surface area contributed by atoms with Crippen LogP contribution >= 0.6 is 0 Å². The van der Waals surface area contributed by atoms with Gasteiger partial charge in [-0.25, -0.2) is 0 Å². The van der Waals surface area contributed by atoms with E-state index < -0.39 is 0 Å². The van der Waals surface area contributed by atoms with E-state index in [0.717, 1.165) is 25.9 Å². The van der Waals surface area contributed by atoms with Crippen LogP contribution in [-0.2, 0) is 4.79 Å². The van der Waals surface area contributed by atoms with Crippen LogP contribution in [0, 0.1) is 5.41 Å². The highest BCUT2D eigenvalue weighted by Gasteiger charge is 2.34. The van der Waals surface area contributed by atoms with Crippen molar-refractivity contribution < 1.29 is 4.79 Å². The summed E-state index contributed by atoms with van der Waals surface area (Å²) >= 11 is 0. The van der Waals surface area contributed by atoms with Crippen molar-refractivity contribution in [2.45, 2.75) is 19.8 Å². The number of allylic oxidation sites excluding steroid dienone is 4. The molecule has 4 nitrogen and oxygen atoms in total. The molecule has 1 heterocycles. The first kappa shape index (κ1) is 17.7. The van der Waals surface area contributed by atoms with Crippen molar-refractivity contribution >= 4 is 5.91 Å². The third kappa shape index (κ3) is 5.48. The molecule has 1 aliphatic rings. The maximum Gasteiger partial charge on any atom is 0.234 e. The van der Waals surface area contributed by atoms with Gasteiger partial charge in [-0.3, -0.25) is 4.79 Å². The molecule has 0 aromatic rings. The zero-order valence-electron chi connectivity index (χ0n) is 13.6. The fourth-order valence-corrected chi connectivity index (χ4v) is 2.80. The molecule has 0 aromatic carbocycles. The first-order chi connectivity index (χ1) is 10.0. The number of carbonyl (C=O) groups excluding carboxylic acids is 1. The normalized spacial score (nSPS) is 19.0. The van der Waals surface area contributed by atoms with E-state index in [2.05, 4.69) is 35.4 Å². The molecule has 118 valence electrons. The van der Waals surface area contributed by atoms with Gasteiger partial charge in [0.1, 0.15) is 0 Å². The molecule has 0 saturated carbocycles. The van der Waals surface area contributed by atoms with Crippen LogP contribution in [0.1, 0.15) is 19.8 Å². The topological polar surface area (TPSA) is 44.4 Å². The number of carbonyl (C=O) groups is 1. The van der Waals surface area contributed by atoms with E-state index >= 15 is 0 Å². The maximum atomic E-state index is 12.0. The standard InChI is InChI=1S/C17H29N3O/c1-5-7-15(8-6-2)17(9-11-18-12-10-17)14-19-16(21)13-20(3)4/h5-8,18H,1,9-14H2,2-4H3,(H,19,21)/b8-6-,15-7+. The second-order valence-electron chi connectivity index (χ2n) is 5.90. The van der Waals surface area contributed by atoms with Crippen LogP contribution in [0.2, 0.25) is 0 Å². The van der Waals surface area contributed by atoms with Gasteiger partial charge in [-0.05, 0) is 52.5 Å². The first-order valence-electron chi connectivity index (χ1n) is 7.62. The fraction of sp³-hybridized carbons (Fsp3) is 0.588. The minimum Gasteiger partial charge on any atom is -0.354 e. The van der Waals surface area contributed by atoms with Crippen LogP contribution in [0.3, 0.4) is 0 Å². The molecule has 1 fully saturated rings. The van der Waals surface area contributed by atoms with Gasteiger partial charge in [0.25, 0.3) is 0 Å². The van der Waals surface area contributed by atoms with Gasteiger partial charge in [0, 0.05) is 12.0 Å². The second kappa shape index (κ2) is 8.80. The number of nitrogens with one attached hydrogen (secondary N) is 2. The van der Waals surface area contributed by atoms with Crippen LogP contribution in [0.25, 0.3) is 0 Å². The van der Waals surface area contributed by atoms with Crippen molar-refractivity contribution in [3.8, 4) is 0 Å². The van der Waals surface area contributed by atoms with Gasteiger partial charge in [-0.1, -0.05) is 30.9 Å². The number of hydrogen-bond donors (Lipinski definition) is 2. The largest absolute Gasteiger partial charge is 0.354 e. The summed E-state index contributed by atoms with van der Waals surface area (Å²) < 4.78 is 0. The Balaban J connectivity index is 2.85. The monoisotopic (exact) mass is 291 g/mol. The average Bonchev–Trinajstić information content (AvgIpc) is 2.45. The molecule has 0 aromatic heterocycles. The summed E-state index contributed by atoms with van der Waals surface area (Å²) in [5.41, 5.74) is 1.26. The maximum absolute atomic E-state index is 12.0. The van der Waals surface area contributed by atoms with E-state index in [0.29, 0.717) is 13.1 Å². The third-order valence-corrected chi connectivity index (χ3v) is 3.90. The lowest BCUT2D eigenvalue weighted by Crippen LogP contribution is -2.47. The quantitative estimate of drug-likeness (QED) is 0.702. The van der Waals surface area contributed by atoms with Crippen molar-refractivity contribution in [3.05, 3.63) is 36.5 Å². The van der Waals surface area contributed by atoms with Gasteiger partial charge >= 0.3 is 0 Å². The van der Waals surface area contributed by atoms with Crippen LogP contribution in [-0.4, -0.2) is 51.1 Å². The van der Waals surface area contributed by atoms with Crippen LogP contribution in [0.4, 0.5) is 0 Å². The predicted molar refractivity (Wildman–Crippen MR) is 89.2 cm³/mol. The first-order valence-corrected chi connectivity index (χ1v) is 7.62. The van der Waals surface area contributed by atoms with Crippen LogP contribution in [0.5, 0.6) is 0 Å². The highest BCUT2D eigenvalue weighted by Crippen LogP contribution is 2.37. The summed E-state index contributed by atoms with van der Waals surface area (Å²) in [5.74, 6) is 0.0799. The predicted octanol–water partition coefficient (Wildman–Crippen LogP) is 1.72. The number of piperidine rings is 1. The number of rotatable bonds is 7. The van der Waals surface area contributed by atoms with Crippen LogP contribution < -0.4 is 10.6 Å². The molecule has 4 heteroatoms. The molecule has 1 amide bonds. The number of nitrogens with zero attached hydrogens (tertiary/aromatic N) is 1. The minimum atomic E-state index is 0.00786. The van der Waals surface area contributed by atoms with Gasteiger partial charge in [0.05, 0.1) is 6.54 Å². The molecule has 21 heavy (non-hydrogen) atoms. The summed E-state index contributed by atoms with van der Waals surface area (Å²) in [7, 11) is 3.81. The Kier molecular flexibility index (Phi) is 7.40. The van der Waals surface area contributed by atoms with E-state index in [1.54, 1.807) is 0 Å². The van der Waals surface area contributed by atoms with E-state index in [-0.39, 0.29) is 11.3 Å². The Morgan fingerprint density at radius 2 is 2.05 bits per heavy atom. The van der Waals surface area contributed by atoms with Gasteiger partial charge in [-0.2, -0.15) is 0 Å². The molecule has 0 aliphatic carbocycles. The van der Waals surface area contributed by atoms with Gasteiger partial charge in [-0.15, -0.1) is 0 Å². The molecular weight excluding hydrogens is 262 g/mol. The van der Waals surface area contributed by atoms with Crippen molar-refractivity contribution in [1.29, 1.82) is 0 Å². The van der Waals surface area contributed by atoms with Crippen molar-refractivity contribution in [2.24, 2.45) is 5.41 Å². The van der Waals surface area contributed by atoms with Gasteiger partial charge in [0.2, 0.25) is 5.91 Å². The average molecular weight is 291 g/mol. The smallest absolute Gasteiger partial charge is 0.234 e. The second-order valence-corrected chi connectivity index (χ2v) is 5.90. The van der Waals surface area contributed by atoms with E-state index in [9.17, 15) is 4.79 Å².